The van der Waals surface area contributed by atoms with Gasteiger partial charge in [0.05, 0.1) is 5.56 Å². The Morgan fingerprint density at radius 1 is 1.45 bits per heavy atom. The van der Waals surface area contributed by atoms with Crippen molar-refractivity contribution in [1.82, 2.24) is 10.3 Å². The lowest BCUT2D eigenvalue weighted by atomic mass is 10.1. The first-order chi connectivity index (χ1) is 9.36. The summed E-state index contributed by atoms with van der Waals surface area (Å²) in [4.78, 5) is 16.8. The van der Waals surface area contributed by atoms with Crippen LogP contribution < -0.4 is 10.2 Å². The highest BCUT2D eigenvalue weighted by Crippen LogP contribution is 2.29. The Morgan fingerprint density at radius 3 is 2.75 bits per heavy atom. The molecule has 4 nitrogen and oxygen atoms in total. The molecule has 1 aliphatic heterocycles. The molecule has 1 aromatic rings. The lowest BCUT2D eigenvalue weighted by molar-refractivity contribution is -0.137. The zero-order valence-corrected chi connectivity index (χ0v) is 11.1. The number of rotatable bonds is 2. The van der Waals surface area contributed by atoms with Crippen molar-refractivity contribution in [3.05, 3.63) is 23.9 Å². The van der Waals surface area contributed by atoms with Crippen molar-refractivity contribution >= 4 is 11.7 Å². The largest absolute Gasteiger partial charge is 0.417 e. The van der Waals surface area contributed by atoms with Crippen molar-refractivity contribution < 1.29 is 18.0 Å². The van der Waals surface area contributed by atoms with Crippen LogP contribution in [0.4, 0.5) is 19.0 Å². The van der Waals surface area contributed by atoms with Gasteiger partial charge in [0.2, 0.25) is 5.91 Å². The Balaban J connectivity index is 2.05. The number of nitrogens with zero attached hydrogens (tertiary/aromatic N) is 2. The summed E-state index contributed by atoms with van der Waals surface area (Å²) in [7, 11) is 0. The van der Waals surface area contributed by atoms with Gasteiger partial charge in [0.15, 0.2) is 0 Å². The number of alkyl halides is 3. The Bertz CT molecular complexity index is 473. The van der Waals surface area contributed by atoms with E-state index in [1.807, 2.05) is 4.90 Å². The van der Waals surface area contributed by atoms with E-state index in [1.165, 1.54) is 13.0 Å². The molecule has 0 aromatic carbocycles. The molecule has 1 fully saturated rings. The molecule has 1 unspecified atom stereocenters. The highest BCUT2D eigenvalue weighted by molar-refractivity contribution is 5.73. The van der Waals surface area contributed by atoms with Crippen molar-refractivity contribution in [1.29, 1.82) is 0 Å². The van der Waals surface area contributed by atoms with Crippen molar-refractivity contribution in [3.8, 4) is 0 Å². The maximum atomic E-state index is 12.5. The van der Waals surface area contributed by atoms with E-state index in [0.29, 0.717) is 12.4 Å². The van der Waals surface area contributed by atoms with Crippen LogP contribution in [0.15, 0.2) is 18.3 Å². The molecule has 1 atom stereocenters. The number of nitrogens with one attached hydrogen (secondary N) is 1. The molecule has 1 aliphatic rings. The SMILES string of the molecule is CC(=O)NC1CCCN(c2ccc(C(F)(F)F)cn2)C1. The number of anilines is 1. The second-order valence-electron chi connectivity index (χ2n) is 4.89. The van der Waals surface area contributed by atoms with E-state index in [9.17, 15) is 18.0 Å². The van der Waals surface area contributed by atoms with Gasteiger partial charge in [0.1, 0.15) is 5.82 Å². The molecule has 2 rings (SSSR count). The summed E-state index contributed by atoms with van der Waals surface area (Å²) in [5.41, 5.74) is -0.753. The molecule has 1 saturated heterocycles. The van der Waals surface area contributed by atoms with Crippen LogP contribution in [-0.4, -0.2) is 30.0 Å². The predicted octanol–water partition coefficient (Wildman–Crippen LogP) is 2.21. The van der Waals surface area contributed by atoms with Gasteiger partial charge in [-0.15, -0.1) is 0 Å². The maximum absolute atomic E-state index is 12.5. The number of carbonyl (C=O) groups is 1. The summed E-state index contributed by atoms with van der Waals surface area (Å²) in [5.74, 6) is 0.408. The van der Waals surface area contributed by atoms with E-state index in [2.05, 4.69) is 10.3 Å². The summed E-state index contributed by atoms with van der Waals surface area (Å²) < 4.78 is 37.4. The third kappa shape index (κ3) is 3.61. The van der Waals surface area contributed by atoms with Crippen LogP contribution in [0.3, 0.4) is 0 Å². The van der Waals surface area contributed by atoms with E-state index >= 15 is 0 Å². The fourth-order valence-electron chi connectivity index (χ4n) is 2.33. The van der Waals surface area contributed by atoms with Gasteiger partial charge in [0.25, 0.3) is 0 Å². The maximum Gasteiger partial charge on any atom is 0.417 e. The summed E-state index contributed by atoms with van der Waals surface area (Å²) in [5, 5.41) is 2.83. The highest BCUT2D eigenvalue weighted by Gasteiger charge is 2.31. The van der Waals surface area contributed by atoms with Crippen LogP contribution in [0.25, 0.3) is 0 Å². The molecule has 20 heavy (non-hydrogen) atoms. The monoisotopic (exact) mass is 287 g/mol. The van der Waals surface area contributed by atoms with Gasteiger partial charge in [-0.2, -0.15) is 13.2 Å². The van der Waals surface area contributed by atoms with Crippen molar-refractivity contribution in [2.45, 2.75) is 32.0 Å². The molecular formula is C13H16F3N3O. The number of aromatic nitrogens is 1. The van der Waals surface area contributed by atoms with Crippen molar-refractivity contribution in [2.24, 2.45) is 0 Å². The lowest BCUT2D eigenvalue weighted by Gasteiger charge is -2.33. The molecule has 0 radical (unpaired) electrons. The fourth-order valence-corrected chi connectivity index (χ4v) is 2.33. The van der Waals surface area contributed by atoms with Crippen LogP contribution in [0.5, 0.6) is 0 Å². The van der Waals surface area contributed by atoms with Gasteiger partial charge < -0.3 is 10.2 Å². The van der Waals surface area contributed by atoms with Crippen molar-refractivity contribution in [2.75, 3.05) is 18.0 Å². The van der Waals surface area contributed by atoms with Gasteiger partial charge in [-0.1, -0.05) is 0 Å². The van der Waals surface area contributed by atoms with Crippen LogP contribution >= 0.6 is 0 Å². The second kappa shape index (κ2) is 5.68. The standard InChI is InChI=1S/C13H16F3N3O/c1-9(20)18-11-3-2-6-19(8-11)12-5-4-10(7-17-12)13(14,15)16/h4-5,7,11H,2-3,6,8H2,1H3,(H,18,20). The average molecular weight is 287 g/mol. The molecule has 1 aromatic heterocycles. The number of piperidine rings is 1. The van der Waals surface area contributed by atoms with Gasteiger partial charge in [0, 0.05) is 32.3 Å². The number of carbonyl (C=O) groups excluding carboxylic acids is 1. The molecular weight excluding hydrogens is 271 g/mol. The Kier molecular flexibility index (Phi) is 4.15. The first kappa shape index (κ1) is 14.6. The molecule has 7 heteroatoms. The van der Waals surface area contributed by atoms with Gasteiger partial charge in [-0.25, -0.2) is 4.98 Å². The van der Waals surface area contributed by atoms with E-state index < -0.39 is 11.7 Å². The molecule has 0 bridgehead atoms. The molecule has 0 aliphatic carbocycles. The minimum absolute atomic E-state index is 0.0188. The first-order valence-electron chi connectivity index (χ1n) is 6.41. The average Bonchev–Trinajstić information content (AvgIpc) is 2.37. The van der Waals surface area contributed by atoms with Crippen LogP contribution in [0, 0.1) is 0 Å². The predicted molar refractivity (Wildman–Crippen MR) is 68.3 cm³/mol. The molecule has 1 N–H and O–H groups in total. The zero-order chi connectivity index (χ0) is 14.8. The smallest absolute Gasteiger partial charge is 0.355 e. The Labute approximate surface area is 115 Å². The summed E-state index contributed by atoms with van der Waals surface area (Å²) in [6, 6.07) is 2.42. The van der Waals surface area contributed by atoms with Gasteiger partial charge >= 0.3 is 6.18 Å². The summed E-state index contributed by atoms with van der Waals surface area (Å²) in [6.07, 6.45) is -1.78. The van der Waals surface area contributed by atoms with Gasteiger partial charge in [-0.3, -0.25) is 4.79 Å². The van der Waals surface area contributed by atoms with E-state index in [1.54, 1.807) is 0 Å². The van der Waals surface area contributed by atoms with E-state index in [0.717, 1.165) is 31.6 Å². The number of hydrogen-bond donors (Lipinski definition) is 1. The molecule has 0 saturated carbocycles. The molecule has 0 spiro atoms. The van der Waals surface area contributed by atoms with Crippen LogP contribution in [0.2, 0.25) is 0 Å². The number of amides is 1. The van der Waals surface area contributed by atoms with E-state index in [4.69, 9.17) is 0 Å². The second-order valence-corrected chi connectivity index (χ2v) is 4.89. The first-order valence-corrected chi connectivity index (χ1v) is 6.41. The Morgan fingerprint density at radius 2 is 2.20 bits per heavy atom. The van der Waals surface area contributed by atoms with E-state index in [-0.39, 0.29) is 11.9 Å². The number of hydrogen-bond acceptors (Lipinski definition) is 3. The number of pyridine rings is 1. The summed E-state index contributed by atoms with van der Waals surface area (Å²) >= 11 is 0. The summed E-state index contributed by atoms with van der Waals surface area (Å²) in [6.45, 7) is 2.75. The molecule has 2 heterocycles. The van der Waals surface area contributed by atoms with Crippen LogP contribution in [0.1, 0.15) is 25.3 Å². The molecule has 110 valence electrons. The van der Waals surface area contributed by atoms with Crippen LogP contribution in [-0.2, 0) is 11.0 Å². The zero-order valence-electron chi connectivity index (χ0n) is 11.1. The number of halogens is 3. The van der Waals surface area contributed by atoms with Crippen molar-refractivity contribution in [3.63, 3.8) is 0 Å². The third-order valence-electron chi connectivity index (χ3n) is 3.23. The Hall–Kier alpha value is -1.79. The topological polar surface area (TPSA) is 45.2 Å². The third-order valence-corrected chi connectivity index (χ3v) is 3.23. The van der Waals surface area contributed by atoms with Gasteiger partial charge in [-0.05, 0) is 25.0 Å². The normalized spacial score (nSPS) is 19.8. The minimum atomic E-state index is -4.37. The lowest BCUT2D eigenvalue weighted by Crippen LogP contribution is -2.47. The fraction of sp³-hybridized carbons (Fsp3) is 0.538. The quantitative estimate of drug-likeness (QED) is 0.907. The minimum Gasteiger partial charge on any atom is -0.355 e. The molecule has 1 amide bonds. The highest BCUT2D eigenvalue weighted by atomic mass is 19.4.